The first-order valence-corrected chi connectivity index (χ1v) is 8.03. The second-order valence-electron chi connectivity index (χ2n) is 4.72. The molecule has 0 aromatic heterocycles. The number of rotatable bonds is 3. The van der Waals surface area contributed by atoms with Gasteiger partial charge in [-0.05, 0) is 38.0 Å². The Hall–Kier alpha value is -0.920. The Labute approximate surface area is 120 Å². The summed E-state index contributed by atoms with van der Waals surface area (Å²) in [7, 11) is -3.79. The monoisotopic (exact) mass is 347 g/mol. The Morgan fingerprint density at radius 1 is 1.47 bits per heavy atom. The fraction of sp³-hybridized carbons (Fsp3) is 0.417. The Morgan fingerprint density at radius 3 is 2.74 bits per heavy atom. The van der Waals surface area contributed by atoms with Gasteiger partial charge < -0.3 is 5.11 Å². The Morgan fingerprint density at radius 2 is 2.16 bits per heavy atom. The maximum Gasteiger partial charge on any atom is 0.324 e. The van der Waals surface area contributed by atoms with Crippen molar-refractivity contribution in [1.82, 2.24) is 4.31 Å². The molecular weight excluding hydrogens is 334 g/mol. The fourth-order valence-corrected chi connectivity index (χ4v) is 4.69. The molecule has 0 spiro atoms. The molecule has 2 rings (SSSR count). The maximum absolute atomic E-state index is 12.5. The average Bonchev–Trinajstić information content (AvgIpc) is 2.73. The first-order valence-electron chi connectivity index (χ1n) is 5.80. The van der Waals surface area contributed by atoms with Crippen LogP contribution < -0.4 is 0 Å². The molecule has 7 heteroatoms. The highest BCUT2D eigenvalue weighted by atomic mass is 79.9. The third-order valence-corrected chi connectivity index (χ3v) is 5.93. The summed E-state index contributed by atoms with van der Waals surface area (Å²) in [6.07, 6.45) is 0.881. The van der Waals surface area contributed by atoms with Crippen molar-refractivity contribution >= 4 is 31.9 Å². The first kappa shape index (κ1) is 14.5. The fourth-order valence-electron chi connectivity index (χ4n) is 2.29. The predicted molar refractivity (Wildman–Crippen MR) is 73.3 cm³/mol. The molecule has 1 N–H and O–H groups in total. The minimum Gasteiger partial charge on any atom is -0.480 e. The number of hydrogen-bond donors (Lipinski definition) is 1. The molecule has 104 valence electrons. The molecule has 1 saturated heterocycles. The number of carboxylic acid groups (broad SMARTS) is 1. The van der Waals surface area contributed by atoms with Gasteiger partial charge in [0.15, 0.2) is 0 Å². The minimum atomic E-state index is -3.79. The van der Waals surface area contributed by atoms with Crippen molar-refractivity contribution in [2.45, 2.75) is 30.2 Å². The van der Waals surface area contributed by atoms with E-state index in [1.807, 2.05) is 0 Å². The topological polar surface area (TPSA) is 74.7 Å². The molecule has 1 aliphatic rings. The summed E-state index contributed by atoms with van der Waals surface area (Å²) in [5.41, 5.74) is -1.36. The predicted octanol–water partition coefficient (Wildman–Crippen LogP) is 2.08. The van der Waals surface area contributed by atoms with Crippen molar-refractivity contribution in [3.8, 4) is 0 Å². The summed E-state index contributed by atoms with van der Waals surface area (Å²) in [5.74, 6) is -1.11. The third kappa shape index (κ3) is 2.42. The van der Waals surface area contributed by atoms with Gasteiger partial charge >= 0.3 is 5.97 Å². The van der Waals surface area contributed by atoms with Crippen molar-refractivity contribution in [3.05, 3.63) is 28.7 Å². The van der Waals surface area contributed by atoms with Gasteiger partial charge in [0.2, 0.25) is 10.0 Å². The van der Waals surface area contributed by atoms with Gasteiger partial charge in [-0.3, -0.25) is 4.79 Å². The zero-order valence-corrected chi connectivity index (χ0v) is 12.7. The van der Waals surface area contributed by atoms with Crippen molar-refractivity contribution in [1.29, 1.82) is 0 Å². The molecule has 1 unspecified atom stereocenters. The molecule has 0 saturated carbocycles. The molecule has 5 nitrogen and oxygen atoms in total. The van der Waals surface area contributed by atoms with Gasteiger partial charge in [-0.15, -0.1) is 0 Å². The number of sulfonamides is 1. The summed E-state index contributed by atoms with van der Waals surface area (Å²) in [4.78, 5) is 11.5. The summed E-state index contributed by atoms with van der Waals surface area (Å²) < 4.78 is 26.8. The smallest absolute Gasteiger partial charge is 0.324 e. The Kier molecular flexibility index (Phi) is 3.72. The summed E-state index contributed by atoms with van der Waals surface area (Å²) in [5, 5.41) is 9.29. The van der Waals surface area contributed by atoms with Crippen LogP contribution in [0.3, 0.4) is 0 Å². The highest BCUT2D eigenvalue weighted by molar-refractivity contribution is 9.10. The van der Waals surface area contributed by atoms with E-state index in [-0.39, 0.29) is 11.4 Å². The van der Waals surface area contributed by atoms with Crippen molar-refractivity contribution in [3.63, 3.8) is 0 Å². The molecule has 0 radical (unpaired) electrons. The molecule has 1 aliphatic heterocycles. The van der Waals surface area contributed by atoms with Gasteiger partial charge in [0.1, 0.15) is 5.54 Å². The van der Waals surface area contributed by atoms with Crippen LogP contribution in [-0.2, 0) is 14.8 Å². The van der Waals surface area contributed by atoms with Gasteiger partial charge in [0.25, 0.3) is 0 Å². The highest BCUT2D eigenvalue weighted by Crippen LogP contribution is 2.35. The lowest BCUT2D eigenvalue weighted by atomic mass is 10.0. The molecule has 1 fully saturated rings. The Bertz CT molecular complexity index is 616. The number of nitrogens with zero attached hydrogens (tertiary/aromatic N) is 1. The lowest BCUT2D eigenvalue weighted by Gasteiger charge is -2.30. The van der Waals surface area contributed by atoms with Crippen LogP contribution in [0, 0.1) is 0 Å². The second kappa shape index (κ2) is 4.88. The number of carboxylic acids is 1. The molecule has 19 heavy (non-hydrogen) atoms. The molecule has 1 aromatic carbocycles. The summed E-state index contributed by atoms with van der Waals surface area (Å²) in [6, 6.07) is 6.29. The number of hydrogen-bond acceptors (Lipinski definition) is 3. The van der Waals surface area contributed by atoms with E-state index in [4.69, 9.17) is 0 Å². The number of carbonyl (C=O) groups is 1. The van der Waals surface area contributed by atoms with Gasteiger partial charge in [0, 0.05) is 11.0 Å². The van der Waals surface area contributed by atoms with Crippen molar-refractivity contribution in [2.24, 2.45) is 0 Å². The van der Waals surface area contributed by atoms with E-state index < -0.39 is 21.5 Å². The van der Waals surface area contributed by atoms with Crippen LogP contribution in [0.2, 0.25) is 0 Å². The summed E-state index contributed by atoms with van der Waals surface area (Å²) >= 11 is 3.22. The molecule has 0 bridgehead atoms. The maximum atomic E-state index is 12.5. The quantitative estimate of drug-likeness (QED) is 0.908. The largest absolute Gasteiger partial charge is 0.480 e. The molecule has 1 heterocycles. The number of halogens is 1. The zero-order valence-electron chi connectivity index (χ0n) is 10.3. The van der Waals surface area contributed by atoms with E-state index in [0.717, 1.165) is 4.31 Å². The van der Waals surface area contributed by atoms with Crippen LogP contribution in [0.25, 0.3) is 0 Å². The Balaban J connectivity index is 2.48. The van der Waals surface area contributed by atoms with Crippen LogP contribution in [-0.4, -0.2) is 35.9 Å². The van der Waals surface area contributed by atoms with E-state index in [1.54, 1.807) is 12.1 Å². The normalized spacial score (nSPS) is 24.5. The number of aliphatic carboxylic acids is 1. The van der Waals surface area contributed by atoms with Crippen LogP contribution in [0.1, 0.15) is 19.8 Å². The molecule has 0 aliphatic carbocycles. The molecule has 1 aromatic rings. The van der Waals surface area contributed by atoms with Gasteiger partial charge in [0.05, 0.1) is 4.90 Å². The molecule has 1 atom stereocenters. The van der Waals surface area contributed by atoms with Crippen molar-refractivity contribution in [2.75, 3.05) is 6.54 Å². The van der Waals surface area contributed by atoms with E-state index in [2.05, 4.69) is 15.9 Å². The van der Waals surface area contributed by atoms with Gasteiger partial charge in [-0.25, -0.2) is 8.42 Å². The van der Waals surface area contributed by atoms with Gasteiger partial charge in [-0.1, -0.05) is 22.0 Å². The van der Waals surface area contributed by atoms with Crippen molar-refractivity contribution < 1.29 is 18.3 Å². The van der Waals surface area contributed by atoms with Crippen LogP contribution in [0.4, 0.5) is 0 Å². The van der Waals surface area contributed by atoms with E-state index in [1.165, 1.54) is 19.1 Å². The van der Waals surface area contributed by atoms with E-state index in [0.29, 0.717) is 17.3 Å². The van der Waals surface area contributed by atoms with E-state index in [9.17, 15) is 18.3 Å². The SMILES string of the molecule is CC1(C(=O)O)CCCN1S(=O)(=O)c1cccc(Br)c1. The van der Waals surface area contributed by atoms with Crippen LogP contribution in [0.15, 0.2) is 33.6 Å². The van der Waals surface area contributed by atoms with Crippen LogP contribution >= 0.6 is 15.9 Å². The van der Waals surface area contributed by atoms with Gasteiger partial charge in [-0.2, -0.15) is 4.31 Å². The average molecular weight is 348 g/mol. The zero-order chi connectivity index (χ0) is 14.3. The standard InChI is InChI=1S/C12H14BrNO4S/c1-12(11(15)16)6-3-7-14(12)19(17,18)10-5-2-4-9(13)8-10/h2,4-5,8H,3,6-7H2,1H3,(H,15,16). The molecular formula is C12H14BrNO4S. The lowest BCUT2D eigenvalue weighted by molar-refractivity contribution is -0.146. The minimum absolute atomic E-state index is 0.108. The highest BCUT2D eigenvalue weighted by Gasteiger charge is 2.49. The lowest BCUT2D eigenvalue weighted by Crippen LogP contribution is -2.50. The number of benzene rings is 1. The third-order valence-electron chi connectivity index (χ3n) is 3.42. The van der Waals surface area contributed by atoms with Crippen LogP contribution in [0.5, 0.6) is 0 Å². The first-order chi connectivity index (χ1) is 8.78. The second-order valence-corrected chi connectivity index (χ2v) is 7.50. The summed E-state index contributed by atoms with van der Waals surface area (Å²) in [6.45, 7) is 1.69. The molecule has 0 amide bonds. The van der Waals surface area contributed by atoms with E-state index >= 15 is 0 Å².